The van der Waals surface area contributed by atoms with E-state index in [4.69, 9.17) is 22.7 Å². The highest BCUT2D eigenvalue weighted by Gasteiger charge is 2.26. The number of nitrogens with one attached hydrogen (secondary N) is 1. The van der Waals surface area contributed by atoms with Crippen LogP contribution < -0.4 is 20.7 Å². The molecular formula is C15H21N3O2S. The van der Waals surface area contributed by atoms with E-state index in [0.29, 0.717) is 11.5 Å². The number of thiocarbonyl (C=S) groups is 1. The van der Waals surface area contributed by atoms with Crippen LogP contribution in [-0.4, -0.2) is 38.1 Å². The number of hydrogen-bond donors (Lipinski definition) is 2. The first-order valence-electron chi connectivity index (χ1n) is 7.01. The summed E-state index contributed by atoms with van der Waals surface area (Å²) in [6, 6.07) is 5.65. The van der Waals surface area contributed by atoms with Crippen molar-refractivity contribution in [3.8, 4) is 5.75 Å². The zero-order chi connectivity index (χ0) is 15.4. The van der Waals surface area contributed by atoms with Crippen molar-refractivity contribution in [2.45, 2.75) is 12.8 Å². The highest BCUT2D eigenvalue weighted by molar-refractivity contribution is 7.80. The molecule has 1 aliphatic heterocycles. The van der Waals surface area contributed by atoms with E-state index in [9.17, 15) is 4.79 Å². The molecule has 6 heteroatoms. The number of hydrogen-bond acceptors (Lipinski definition) is 4. The predicted octanol–water partition coefficient (Wildman–Crippen LogP) is 1.29. The third-order valence-electron chi connectivity index (χ3n) is 3.85. The van der Waals surface area contributed by atoms with E-state index < -0.39 is 0 Å². The number of carbonyl (C=O) groups is 1. The van der Waals surface area contributed by atoms with Gasteiger partial charge in [0, 0.05) is 31.8 Å². The van der Waals surface area contributed by atoms with E-state index in [-0.39, 0.29) is 11.8 Å². The summed E-state index contributed by atoms with van der Waals surface area (Å²) >= 11 is 5.13. The van der Waals surface area contributed by atoms with E-state index >= 15 is 0 Å². The predicted molar refractivity (Wildman–Crippen MR) is 87.9 cm³/mol. The minimum atomic E-state index is -0.00542. The lowest BCUT2D eigenvalue weighted by Crippen LogP contribution is -2.42. The van der Waals surface area contributed by atoms with Crippen molar-refractivity contribution < 1.29 is 9.53 Å². The lowest BCUT2D eigenvalue weighted by atomic mass is 9.96. The first kappa shape index (κ1) is 15.6. The molecule has 3 N–H and O–H groups in total. The van der Waals surface area contributed by atoms with E-state index in [2.05, 4.69) is 10.2 Å². The number of benzene rings is 1. The maximum Gasteiger partial charge on any atom is 0.224 e. The monoisotopic (exact) mass is 307 g/mol. The minimum absolute atomic E-state index is 0.00542. The number of carbonyl (C=O) groups excluding carboxylic acids is 1. The maximum absolute atomic E-state index is 11.9. The molecule has 1 amide bonds. The molecule has 0 bridgehead atoms. The van der Waals surface area contributed by atoms with Gasteiger partial charge < -0.3 is 20.7 Å². The molecule has 21 heavy (non-hydrogen) atoms. The van der Waals surface area contributed by atoms with Crippen molar-refractivity contribution in [1.82, 2.24) is 5.32 Å². The molecule has 0 saturated carbocycles. The van der Waals surface area contributed by atoms with Crippen LogP contribution in [0.25, 0.3) is 0 Å². The summed E-state index contributed by atoms with van der Waals surface area (Å²) in [7, 11) is 3.30. The number of amides is 1. The van der Waals surface area contributed by atoms with Crippen LogP contribution in [0.2, 0.25) is 0 Å². The maximum atomic E-state index is 11.9. The number of ether oxygens (including phenoxy) is 1. The number of methoxy groups -OCH3 is 1. The number of nitrogens with two attached hydrogens (primary N) is 1. The second-order valence-electron chi connectivity index (χ2n) is 5.15. The van der Waals surface area contributed by atoms with Crippen LogP contribution in [0.4, 0.5) is 5.69 Å². The second-order valence-corrected chi connectivity index (χ2v) is 5.59. The molecule has 114 valence electrons. The Balaban J connectivity index is 2.31. The van der Waals surface area contributed by atoms with Gasteiger partial charge in [-0.3, -0.25) is 4.79 Å². The molecule has 0 radical (unpaired) electrons. The molecule has 1 fully saturated rings. The first-order chi connectivity index (χ1) is 10.1. The van der Waals surface area contributed by atoms with E-state index in [1.165, 1.54) is 0 Å². The van der Waals surface area contributed by atoms with E-state index in [1.54, 1.807) is 14.2 Å². The van der Waals surface area contributed by atoms with Crippen molar-refractivity contribution in [2.75, 3.05) is 32.1 Å². The first-order valence-corrected chi connectivity index (χ1v) is 7.42. The second kappa shape index (κ2) is 6.76. The van der Waals surface area contributed by atoms with Crippen molar-refractivity contribution in [3.63, 3.8) is 0 Å². The Bertz CT molecular complexity index is 548. The zero-order valence-corrected chi connectivity index (χ0v) is 13.2. The molecule has 1 saturated heterocycles. The minimum Gasteiger partial charge on any atom is -0.497 e. The smallest absolute Gasteiger partial charge is 0.224 e. The Labute approximate surface area is 130 Å². The van der Waals surface area contributed by atoms with Crippen molar-refractivity contribution in [3.05, 3.63) is 23.8 Å². The van der Waals surface area contributed by atoms with E-state index in [1.807, 2.05) is 18.2 Å². The van der Waals surface area contributed by atoms with Gasteiger partial charge in [0.15, 0.2) is 0 Å². The summed E-state index contributed by atoms with van der Waals surface area (Å²) in [6.45, 7) is 1.55. The van der Waals surface area contributed by atoms with Crippen LogP contribution in [0.15, 0.2) is 18.2 Å². The van der Waals surface area contributed by atoms with Crippen LogP contribution >= 0.6 is 12.2 Å². The fraction of sp³-hybridized carbons (Fsp3) is 0.467. The van der Waals surface area contributed by atoms with Crippen LogP contribution in [0.3, 0.4) is 0 Å². The quantitative estimate of drug-likeness (QED) is 0.821. The molecule has 1 aromatic rings. The van der Waals surface area contributed by atoms with Crippen molar-refractivity contribution >= 4 is 28.8 Å². The third kappa shape index (κ3) is 3.44. The highest BCUT2D eigenvalue weighted by atomic mass is 32.1. The average Bonchev–Trinajstić information content (AvgIpc) is 2.53. The summed E-state index contributed by atoms with van der Waals surface area (Å²) < 4.78 is 5.29. The normalized spacial score (nSPS) is 18.2. The van der Waals surface area contributed by atoms with Gasteiger partial charge >= 0.3 is 0 Å². The van der Waals surface area contributed by atoms with Gasteiger partial charge in [0.25, 0.3) is 0 Å². The molecule has 0 spiro atoms. The largest absolute Gasteiger partial charge is 0.497 e. The van der Waals surface area contributed by atoms with Gasteiger partial charge in [-0.15, -0.1) is 0 Å². The summed E-state index contributed by atoms with van der Waals surface area (Å²) in [5.74, 6) is 0.834. The fourth-order valence-electron chi connectivity index (χ4n) is 2.72. The lowest BCUT2D eigenvalue weighted by Gasteiger charge is -2.34. The molecule has 1 heterocycles. The number of piperidine rings is 1. The summed E-state index contributed by atoms with van der Waals surface area (Å²) in [6.07, 6.45) is 1.87. The lowest BCUT2D eigenvalue weighted by molar-refractivity contribution is -0.124. The van der Waals surface area contributed by atoms with Gasteiger partial charge in [0.2, 0.25) is 5.91 Å². The van der Waals surface area contributed by atoms with Gasteiger partial charge in [0.05, 0.1) is 18.7 Å². The Morgan fingerprint density at radius 2 is 2.29 bits per heavy atom. The number of nitrogens with zero attached hydrogens (tertiary/aromatic N) is 1. The third-order valence-corrected chi connectivity index (χ3v) is 4.07. The van der Waals surface area contributed by atoms with Crippen LogP contribution in [-0.2, 0) is 4.79 Å². The molecule has 1 aliphatic rings. The SMILES string of the molecule is CNC(=O)C1CCCN(c2cc(OC)ccc2C(N)=S)C1. The summed E-state index contributed by atoms with van der Waals surface area (Å²) in [5.41, 5.74) is 7.58. The Morgan fingerprint density at radius 1 is 1.52 bits per heavy atom. The molecular weight excluding hydrogens is 286 g/mol. The number of rotatable bonds is 4. The average molecular weight is 307 g/mol. The standard InChI is InChI=1S/C15H21N3O2S/c1-17-15(19)10-4-3-7-18(9-10)13-8-11(20-2)5-6-12(13)14(16)21/h5-6,8,10H,3-4,7,9H2,1-2H3,(H2,16,21)(H,17,19). The molecule has 0 aromatic heterocycles. The molecule has 1 unspecified atom stereocenters. The van der Waals surface area contributed by atoms with Gasteiger partial charge in [-0.1, -0.05) is 12.2 Å². The van der Waals surface area contributed by atoms with Crippen LogP contribution in [0, 0.1) is 5.92 Å². The summed E-state index contributed by atoms with van der Waals surface area (Å²) in [5, 5.41) is 2.73. The zero-order valence-electron chi connectivity index (χ0n) is 12.4. The van der Waals surface area contributed by atoms with Crippen LogP contribution in [0.1, 0.15) is 18.4 Å². The molecule has 5 nitrogen and oxygen atoms in total. The van der Waals surface area contributed by atoms with Gasteiger partial charge in [-0.05, 0) is 25.0 Å². The summed E-state index contributed by atoms with van der Waals surface area (Å²) in [4.78, 5) is 14.4. The van der Waals surface area contributed by atoms with Gasteiger partial charge in [-0.25, -0.2) is 0 Å². The van der Waals surface area contributed by atoms with Crippen LogP contribution in [0.5, 0.6) is 5.75 Å². The molecule has 2 rings (SSSR count). The fourth-order valence-corrected chi connectivity index (χ4v) is 2.90. The van der Waals surface area contributed by atoms with Crippen molar-refractivity contribution in [1.29, 1.82) is 0 Å². The Kier molecular flexibility index (Phi) is 5.01. The van der Waals surface area contributed by atoms with E-state index in [0.717, 1.165) is 36.4 Å². The topological polar surface area (TPSA) is 67.6 Å². The van der Waals surface area contributed by atoms with Gasteiger partial charge in [0.1, 0.15) is 10.7 Å². The Morgan fingerprint density at radius 3 is 2.90 bits per heavy atom. The molecule has 1 atom stereocenters. The Hall–Kier alpha value is -1.82. The highest BCUT2D eigenvalue weighted by Crippen LogP contribution is 2.30. The molecule has 0 aliphatic carbocycles. The van der Waals surface area contributed by atoms with Crippen molar-refractivity contribution in [2.24, 2.45) is 11.7 Å². The molecule has 1 aromatic carbocycles. The number of anilines is 1. The van der Waals surface area contributed by atoms with Gasteiger partial charge in [-0.2, -0.15) is 0 Å².